The Kier molecular flexibility index (Phi) is 6.67. The van der Waals surface area contributed by atoms with E-state index in [1.54, 1.807) is 0 Å². The Labute approximate surface area is 90.9 Å². The molecule has 7 heteroatoms. The van der Waals surface area contributed by atoms with Gasteiger partial charge >= 0.3 is 6.18 Å². The van der Waals surface area contributed by atoms with E-state index in [2.05, 4.69) is 5.32 Å². The second kappa shape index (κ2) is 6.90. The fraction of sp³-hybridized carbons (Fsp3) is 0.875. The molecule has 15 heavy (non-hydrogen) atoms. The van der Waals surface area contributed by atoms with Crippen LogP contribution >= 0.6 is 11.6 Å². The standard InChI is InChI=1S/C8H13ClF3NO2/c1-15-5-6(2-3-9)13-7(14)4-8(10,11)12/h6H,2-5H2,1H3,(H,13,14). The highest BCUT2D eigenvalue weighted by atomic mass is 35.5. The molecule has 3 nitrogen and oxygen atoms in total. The van der Waals surface area contributed by atoms with E-state index in [1.807, 2.05) is 0 Å². The number of hydrogen-bond acceptors (Lipinski definition) is 2. The van der Waals surface area contributed by atoms with Crippen LogP contribution in [0.1, 0.15) is 12.8 Å². The van der Waals surface area contributed by atoms with Gasteiger partial charge in [-0.2, -0.15) is 13.2 Å². The van der Waals surface area contributed by atoms with Crippen molar-refractivity contribution in [3.05, 3.63) is 0 Å². The van der Waals surface area contributed by atoms with E-state index in [1.165, 1.54) is 7.11 Å². The number of hydrogen-bond donors (Lipinski definition) is 1. The molecule has 1 N–H and O–H groups in total. The van der Waals surface area contributed by atoms with Crippen molar-refractivity contribution in [3.8, 4) is 0 Å². The first-order chi connectivity index (χ1) is 6.89. The fourth-order valence-electron chi connectivity index (χ4n) is 0.991. The molecule has 1 atom stereocenters. The van der Waals surface area contributed by atoms with Crippen LogP contribution in [0.3, 0.4) is 0 Å². The van der Waals surface area contributed by atoms with Crippen molar-refractivity contribution in [3.63, 3.8) is 0 Å². The number of methoxy groups -OCH3 is 1. The lowest BCUT2D eigenvalue weighted by Gasteiger charge is -2.17. The predicted octanol–water partition coefficient (Wildman–Crippen LogP) is 1.70. The molecule has 0 aliphatic rings. The highest BCUT2D eigenvalue weighted by Gasteiger charge is 2.31. The Hall–Kier alpha value is -0.490. The van der Waals surface area contributed by atoms with Crippen LogP contribution in [0.15, 0.2) is 0 Å². The van der Waals surface area contributed by atoms with Gasteiger partial charge in [-0.15, -0.1) is 11.6 Å². The topological polar surface area (TPSA) is 38.3 Å². The van der Waals surface area contributed by atoms with Crippen molar-refractivity contribution in [2.45, 2.75) is 25.1 Å². The smallest absolute Gasteiger partial charge is 0.383 e. The summed E-state index contributed by atoms with van der Waals surface area (Å²) < 4.78 is 40.2. The van der Waals surface area contributed by atoms with E-state index in [0.717, 1.165) is 0 Å². The first-order valence-electron chi connectivity index (χ1n) is 4.30. The van der Waals surface area contributed by atoms with Gasteiger partial charge < -0.3 is 10.1 Å². The zero-order valence-electron chi connectivity index (χ0n) is 8.23. The Bertz CT molecular complexity index is 193. The zero-order chi connectivity index (χ0) is 11.9. The van der Waals surface area contributed by atoms with Gasteiger partial charge in [-0.3, -0.25) is 4.79 Å². The number of amides is 1. The Morgan fingerprint density at radius 3 is 2.53 bits per heavy atom. The third-order valence-corrected chi connectivity index (χ3v) is 1.77. The largest absolute Gasteiger partial charge is 0.397 e. The Morgan fingerprint density at radius 1 is 1.53 bits per heavy atom. The summed E-state index contributed by atoms with van der Waals surface area (Å²) in [6.07, 6.45) is -5.59. The van der Waals surface area contributed by atoms with E-state index in [9.17, 15) is 18.0 Å². The molecule has 0 saturated heterocycles. The third kappa shape index (κ3) is 8.50. The summed E-state index contributed by atoms with van der Waals surface area (Å²) in [6, 6.07) is -0.470. The molecule has 0 aliphatic heterocycles. The van der Waals surface area contributed by atoms with Gasteiger partial charge in [0.1, 0.15) is 6.42 Å². The first kappa shape index (κ1) is 14.5. The maximum atomic E-state index is 11.8. The molecule has 0 bridgehead atoms. The van der Waals surface area contributed by atoms with Crippen LogP contribution in [0.5, 0.6) is 0 Å². The van der Waals surface area contributed by atoms with Crippen molar-refractivity contribution >= 4 is 17.5 Å². The van der Waals surface area contributed by atoms with E-state index < -0.39 is 24.5 Å². The summed E-state index contributed by atoms with van der Waals surface area (Å²) in [7, 11) is 1.40. The maximum absolute atomic E-state index is 11.8. The van der Waals surface area contributed by atoms with Crippen LogP contribution in [-0.2, 0) is 9.53 Å². The number of alkyl halides is 4. The Balaban J connectivity index is 3.99. The molecular weight excluding hydrogens is 235 g/mol. The maximum Gasteiger partial charge on any atom is 0.397 e. The molecular formula is C8H13ClF3NO2. The molecule has 0 rings (SSSR count). The normalized spacial score (nSPS) is 13.7. The summed E-state index contributed by atoms with van der Waals surface area (Å²) in [5.41, 5.74) is 0. The molecule has 0 aliphatic carbocycles. The minimum Gasteiger partial charge on any atom is -0.383 e. The quantitative estimate of drug-likeness (QED) is 0.726. The van der Waals surface area contributed by atoms with Gasteiger partial charge in [-0.05, 0) is 6.42 Å². The molecule has 90 valence electrons. The van der Waals surface area contributed by atoms with Gasteiger partial charge in [0.25, 0.3) is 0 Å². The van der Waals surface area contributed by atoms with Crippen LogP contribution in [-0.4, -0.2) is 37.7 Å². The fourth-order valence-corrected chi connectivity index (χ4v) is 1.25. The highest BCUT2D eigenvalue weighted by molar-refractivity contribution is 6.17. The molecule has 0 fully saturated rings. The highest BCUT2D eigenvalue weighted by Crippen LogP contribution is 2.19. The monoisotopic (exact) mass is 247 g/mol. The molecule has 0 heterocycles. The predicted molar refractivity (Wildman–Crippen MR) is 49.8 cm³/mol. The van der Waals surface area contributed by atoms with Crippen LogP contribution < -0.4 is 5.32 Å². The molecule has 1 amide bonds. The van der Waals surface area contributed by atoms with Crippen molar-refractivity contribution in [2.75, 3.05) is 19.6 Å². The number of rotatable bonds is 6. The van der Waals surface area contributed by atoms with E-state index in [4.69, 9.17) is 16.3 Å². The third-order valence-electron chi connectivity index (χ3n) is 1.55. The van der Waals surface area contributed by atoms with Crippen molar-refractivity contribution in [1.29, 1.82) is 0 Å². The molecule has 0 aromatic heterocycles. The minimum absolute atomic E-state index is 0.149. The zero-order valence-corrected chi connectivity index (χ0v) is 8.99. The van der Waals surface area contributed by atoms with Crippen molar-refractivity contribution in [1.82, 2.24) is 5.32 Å². The van der Waals surface area contributed by atoms with Gasteiger partial charge in [-0.1, -0.05) is 0 Å². The van der Waals surface area contributed by atoms with Crippen LogP contribution in [0, 0.1) is 0 Å². The van der Waals surface area contributed by atoms with Gasteiger partial charge in [0, 0.05) is 13.0 Å². The Morgan fingerprint density at radius 2 is 2.13 bits per heavy atom. The number of carbonyl (C=O) groups excluding carboxylic acids is 1. The second-order valence-electron chi connectivity index (χ2n) is 2.99. The number of nitrogens with one attached hydrogen (secondary N) is 1. The van der Waals surface area contributed by atoms with Crippen LogP contribution in [0.4, 0.5) is 13.2 Å². The van der Waals surface area contributed by atoms with E-state index in [0.29, 0.717) is 6.42 Å². The minimum atomic E-state index is -4.48. The van der Waals surface area contributed by atoms with Crippen molar-refractivity contribution < 1.29 is 22.7 Å². The number of halogens is 4. The average Bonchev–Trinajstić information content (AvgIpc) is 2.00. The number of ether oxygens (including phenoxy) is 1. The summed E-state index contributed by atoms with van der Waals surface area (Å²) in [6.45, 7) is 0.149. The summed E-state index contributed by atoms with van der Waals surface area (Å²) in [5.74, 6) is -0.810. The number of carbonyl (C=O) groups is 1. The molecule has 0 aromatic rings. The lowest BCUT2D eigenvalue weighted by Crippen LogP contribution is -2.40. The van der Waals surface area contributed by atoms with E-state index in [-0.39, 0.29) is 12.5 Å². The van der Waals surface area contributed by atoms with Crippen LogP contribution in [0.2, 0.25) is 0 Å². The molecule has 0 spiro atoms. The van der Waals surface area contributed by atoms with Crippen LogP contribution in [0.25, 0.3) is 0 Å². The molecule has 0 saturated carbocycles. The molecule has 1 unspecified atom stereocenters. The molecule has 0 radical (unpaired) electrons. The van der Waals surface area contributed by atoms with Crippen molar-refractivity contribution in [2.24, 2.45) is 0 Å². The molecule has 0 aromatic carbocycles. The second-order valence-corrected chi connectivity index (χ2v) is 3.37. The summed E-state index contributed by atoms with van der Waals surface area (Å²) in [5, 5.41) is 2.21. The van der Waals surface area contributed by atoms with Gasteiger partial charge in [0.05, 0.1) is 12.6 Å². The van der Waals surface area contributed by atoms with Gasteiger partial charge in [0.2, 0.25) is 5.91 Å². The first-order valence-corrected chi connectivity index (χ1v) is 4.83. The van der Waals surface area contributed by atoms with Gasteiger partial charge in [0.15, 0.2) is 0 Å². The lowest BCUT2D eigenvalue weighted by atomic mass is 10.2. The SMILES string of the molecule is COCC(CCCl)NC(=O)CC(F)(F)F. The lowest BCUT2D eigenvalue weighted by molar-refractivity contribution is -0.154. The van der Waals surface area contributed by atoms with E-state index >= 15 is 0 Å². The summed E-state index contributed by atoms with van der Waals surface area (Å²) >= 11 is 5.42. The summed E-state index contributed by atoms with van der Waals surface area (Å²) in [4.78, 5) is 10.9. The average molecular weight is 248 g/mol. The van der Waals surface area contributed by atoms with Gasteiger partial charge in [-0.25, -0.2) is 0 Å².